The van der Waals surface area contributed by atoms with Crippen LogP contribution in [0.2, 0.25) is 0 Å². The van der Waals surface area contributed by atoms with Crippen molar-refractivity contribution >= 4 is 35.1 Å². The number of rotatable bonds is 8. The molecule has 10 nitrogen and oxygen atoms in total. The van der Waals surface area contributed by atoms with E-state index in [1.807, 2.05) is 18.2 Å². The number of nitrogens with zero attached hydrogens (tertiary/aromatic N) is 2. The predicted octanol–water partition coefficient (Wildman–Crippen LogP) is 3.01. The highest BCUT2D eigenvalue weighted by atomic mass is 16.5. The molecule has 0 atom stereocenters. The van der Waals surface area contributed by atoms with Gasteiger partial charge in [0.2, 0.25) is 17.7 Å². The lowest BCUT2D eigenvalue weighted by Gasteiger charge is -2.12. The highest BCUT2D eigenvalue weighted by Crippen LogP contribution is 2.24. The molecule has 34 heavy (non-hydrogen) atoms. The Hall–Kier alpha value is -4.73. The van der Waals surface area contributed by atoms with Gasteiger partial charge in [0.1, 0.15) is 11.3 Å². The van der Waals surface area contributed by atoms with Crippen LogP contribution in [0.5, 0.6) is 11.6 Å². The number of aromatic nitrogens is 1. The van der Waals surface area contributed by atoms with Gasteiger partial charge >= 0.3 is 6.03 Å². The highest BCUT2D eigenvalue weighted by molar-refractivity contribution is 6.06. The minimum Gasteiger partial charge on any atom is -0.438 e. The van der Waals surface area contributed by atoms with E-state index in [1.54, 1.807) is 54.7 Å². The number of imide groups is 1. The van der Waals surface area contributed by atoms with Crippen molar-refractivity contribution < 1.29 is 23.9 Å². The molecule has 3 aromatic rings. The van der Waals surface area contributed by atoms with Gasteiger partial charge in [0.05, 0.1) is 6.54 Å². The molecule has 0 aliphatic carbocycles. The molecule has 0 radical (unpaired) electrons. The number of urea groups is 1. The van der Waals surface area contributed by atoms with Crippen LogP contribution in [-0.2, 0) is 9.59 Å². The maximum absolute atomic E-state index is 12.8. The number of para-hydroxylation sites is 1. The van der Waals surface area contributed by atoms with Gasteiger partial charge in [-0.2, -0.15) is 0 Å². The number of benzene rings is 2. The second-order valence-electron chi connectivity index (χ2n) is 7.30. The summed E-state index contributed by atoms with van der Waals surface area (Å²) < 4.78 is 5.74. The third kappa shape index (κ3) is 5.54. The van der Waals surface area contributed by atoms with Gasteiger partial charge < -0.3 is 20.7 Å². The van der Waals surface area contributed by atoms with Gasteiger partial charge in [0.25, 0.3) is 5.91 Å². The molecule has 0 bridgehead atoms. The maximum Gasteiger partial charge on any atom is 0.324 e. The third-order valence-corrected chi connectivity index (χ3v) is 4.90. The van der Waals surface area contributed by atoms with Crippen molar-refractivity contribution in [2.45, 2.75) is 6.42 Å². The number of pyridine rings is 1. The van der Waals surface area contributed by atoms with Crippen LogP contribution < -0.4 is 20.7 Å². The van der Waals surface area contributed by atoms with Crippen LogP contribution in [-0.4, -0.2) is 46.7 Å². The fourth-order valence-corrected chi connectivity index (χ4v) is 3.20. The summed E-state index contributed by atoms with van der Waals surface area (Å²) in [5.74, 6) is -0.360. The maximum atomic E-state index is 12.8. The van der Waals surface area contributed by atoms with E-state index in [0.29, 0.717) is 17.1 Å². The number of ether oxygens (including phenoxy) is 1. The molecule has 10 heteroatoms. The van der Waals surface area contributed by atoms with Crippen molar-refractivity contribution in [2.24, 2.45) is 0 Å². The molecule has 3 N–H and O–H groups in total. The summed E-state index contributed by atoms with van der Waals surface area (Å²) in [6.07, 6.45) is 1.52. The van der Waals surface area contributed by atoms with Gasteiger partial charge in [-0.05, 0) is 48.5 Å². The molecule has 5 amide bonds. The van der Waals surface area contributed by atoms with E-state index >= 15 is 0 Å². The highest BCUT2D eigenvalue weighted by Gasteiger charge is 2.28. The van der Waals surface area contributed by atoms with Crippen LogP contribution in [0.1, 0.15) is 16.8 Å². The van der Waals surface area contributed by atoms with Crippen LogP contribution in [0.15, 0.2) is 72.9 Å². The monoisotopic (exact) mass is 459 g/mol. The number of amides is 5. The van der Waals surface area contributed by atoms with Gasteiger partial charge in [0.15, 0.2) is 0 Å². The Kier molecular flexibility index (Phi) is 6.78. The van der Waals surface area contributed by atoms with Crippen LogP contribution in [0.4, 0.5) is 16.2 Å². The number of carbonyl (C=O) groups is 4. The second kappa shape index (κ2) is 10.3. The first kappa shape index (κ1) is 22.5. The Morgan fingerprint density at radius 1 is 0.941 bits per heavy atom. The summed E-state index contributed by atoms with van der Waals surface area (Å²) in [7, 11) is 0. The van der Waals surface area contributed by atoms with E-state index in [0.717, 1.165) is 4.90 Å². The zero-order valence-corrected chi connectivity index (χ0v) is 18.0. The molecule has 1 aliphatic heterocycles. The molecule has 172 valence electrons. The van der Waals surface area contributed by atoms with Crippen molar-refractivity contribution in [1.29, 1.82) is 0 Å². The van der Waals surface area contributed by atoms with E-state index in [2.05, 4.69) is 20.9 Å². The Balaban J connectivity index is 1.33. The minimum atomic E-state index is -0.496. The summed E-state index contributed by atoms with van der Waals surface area (Å²) >= 11 is 0. The Morgan fingerprint density at radius 3 is 2.32 bits per heavy atom. The summed E-state index contributed by atoms with van der Waals surface area (Å²) in [6, 6.07) is 18.3. The summed E-state index contributed by atoms with van der Waals surface area (Å²) in [6.45, 7) is -0.0459. The van der Waals surface area contributed by atoms with E-state index < -0.39 is 11.9 Å². The minimum absolute atomic E-state index is 0.00311. The molecule has 0 spiro atoms. The number of anilines is 2. The van der Waals surface area contributed by atoms with Crippen molar-refractivity contribution in [2.75, 3.05) is 23.7 Å². The normalized spacial score (nSPS) is 12.8. The molecule has 0 unspecified atom stereocenters. The van der Waals surface area contributed by atoms with Crippen molar-refractivity contribution in [1.82, 2.24) is 15.2 Å². The first-order valence-corrected chi connectivity index (χ1v) is 10.5. The predicted molar refractivity (Wildman–Crippen MR) is 124 cm³/mol. The van der Waals surface area contributed by atoms with E-state index in [-0.39, 0.29) is 42.8 Å². The number of carbonyl (C=O) groups excluding carboxylic acids is 4. The topological polar surface area (TPSA) is 130 Å². The molecule has 2 aromatic carbocycles. The summed E-state index contributed by atoms with van der Waals surface area (Å²) in [5.41, 5.74) is 1.29. The van der Waals surface area contributed by atoms with Crippen molar-refractivity contribution in [3.8, 4) is 11.6 Å². The van der Waals surface area contributed by atoms with E-state index in [1.165, 1.54) is 0 Å². The van der Waals surface area contributed by atoms with Crippen molar-refractivity contribution in [3.63, 3.8) is 0 Å². The zero-order valence-electron chi connectivity index (χ0n) is 18.0. The quantitative estimate of drug-likeness (QED) is 0.444. The SMILES string of the molecule is O=C(CCN1C(=O)CNC1=O)Nc1ccc(NC(=O)c2cccnc2Oc2ccccc2)cc1. The van der Waals surface area contributed by atoms with Crippen LogP contribution in [0, 0.1) is 0 Å². The third-order valence-electron chi connectivity index (χ3n) is 4.90. The average Bonchev–Trinajstić information content (AvgIpc) is 3.17. The van der Waals surface area contributed by atoms with Gasteiger partial charge in [-0.1, -0.05) is 18.2 Å². The Bertz CT molecular complexity index is 1200. The van der Waals surface area contributed by atoms with Crippen LogP contribution in [0.3, 0.4) is 0 Å². The first-order chi connectivity index (χ1) is 16.5. The van der Waals surface area contributed by atoms with Gasteiger partial charge in [-0.3, -0.25) is 19.3 Å². The number of hydrogen-bond donors (Lipinski definition) is 3. The Morgan fingerprint density at radius 2 is 1.65 bits per heavy atom. The Labute approximate surface area is 194 Å². The standard InChI is InChI=1S/C24H21N5O5/c30-20(12-14-29-21(31)15-26-24(29)33)27-16-8-10-17(11-9-16)28-22(32)19-7-4-13-25-23(19)34-18-5-2-1-3-6-18/h1-11,13H,12,14-15H2,(H,26,33)(H,27,30)(H,28,32). The fraction of sp³-hybridized carbons (Fsp3) is 0.125. The average molecular weight is 459 g/mol. The van der Waals surface area contributed by atoms with Crippen LogP contribution in [0.25, 0.3) is 0 Å². The molecule has 2 heterocycles. The first-order valence-electron chi connectivity index (χ1n) is 10.5. The molecular weight excluding hydrogens is 438 g/mol. The van der Waals surface area contributed by atoms with E-state index in [4.69, 9.17) is 4.74 Å². The summed E-state index contributed by atoms with van der Waals surface area (Å²) in [4.78, 5) is 53.2. The molecule has 1 aromatic heterocycles. The molecule has 1 fully saturated rings. The van der Waals surface area contributed by atoms with Gasteiger partial charge in [-0.15, -0.1) is 0 Å². The molecule has 1 saturated heterocycles. The summed E-state index contributed by atoms with van der Waals surface area (Å²) in [5, 5.41) is 7.87. The van der Waals surface area contributed by atoms with Gasteiger partial charge in [-0.25, -0.2) is 9.78 Å². The second-order valence-corrected chi connectivity index (χ2v) is 7.30. The molecular formula is C24H21N5O5. The lowest BCUT2D eigenvalue weighted by Crippen LogP contribution is -2.33. The van der Waals surface area contributed by atoms with Gasteiger partial charge in [0, 0.05) is 30.5 Å². The number of nitrogens with one attached hydrogen (secondary N) is 3. The smallest absolute Gasteiger partial charge is 0.324 e. The zero-order chi connectivity index (χ0) is 23.9. The molecule has 0 saturated carbocycles. The van der Waals surface area contributed by atoms with Crippen molar-refractivity contribution in [3.05, 3.63) is 78.5 Å². The van der Waals surface area contributed by atoms with Crippen LogP contribution >= 0.6 is 0 Å². The van der Waals surface area contributed by atoms with E-state index in [9.17, 15) is 19.2 Å². The largest absolute Gasteiger partial charge is 0.438 e. The molecule has 1 aliphatic rings. The number of hydrogen-bond acceptors (Lipinski definition) is 6. The lowest BCUT2D eigenvalue weighted by atomic mass is 10.2. The fourth-order valence-electron chi connectivity index (χ4n) is 3.20. The lowest BCUT2D eigenvalue weighted by molar-refractivity contribution is -0.125. The molecule has 4 rings (SSSR count).